The van der Waals surface area contributed by atoms with Crippen LogP contribution < -0.4 is 0 Å². The minimum Gasteiger partial charge on any atom is -0.481 e. The molecule has 5 heteroatoms. The second-order valence-electron chi connectivity index (χ2n) is 15.1. The fourth-order valence-corrected chi connectivity index (χ4v) is 10.4. The van der Waals surface area contributed by atoms with Crippen LogP contribution in [0, 0.1) is 44.3 Å². The summed E-state index contributed by atoms with van der Waals surface area (Å²) in [6.45, 7) is 15.0. The highest BCUT2D eigenvalue weighted by atomic mass is 16.4. The third-order valence-electron chi connectivity index (χ3n) is 13.2. The van der Waals surface area contributed by atoms with Crippen molar-refractivity contribution in [1.82, 2.24) is 0 Å². The first-order valence-electron chi connectivity index (χ1n) is 13.8. The molecule has 9 atom stereocenters. The van der Waals surface area contributed by atoms with Crippen molar-refractivity contribution in [3.05, 3.63) is 11.6 Å². The summed E-state index contributed by atoms with van der Waals surface area (Å²) in [6, 6.07) is 0. The highest BCUT2D eigenvalue weighted by Crippen LogP contribution is 2.75. The topological polar surface area (TPSA) is 94.8 Å². The molecule has 0 saturated heterocycles. The molecule has 0 aromatic heterocycles. The average molecular weight is 487 g/mol. The molecule has 4 saturated carbocycles. The molecule has 35 heavy (non-hydrogen) atoms. The third-order valence-corrected chi connectivity index (χ3v) is 13.2. The van der Waals surface area contributed by atoms with Gasteiger partial charge in [0.15, 0.2) is 5.78 Å². The van der Waals surface area contributed by atoms with Gasteiger partial charge in [-0.25, -0.2) is 0 Å². The number of aliphatic hydroxyl groups excluding tert-OH is 1. The van der Waals surface area contributed by atoms with Crippen LogP contribution in [0.25, 0.3) is 0 Å². The zero-order valence-corrected chi connectivity index (χ0v) is 22.8. The summed E-state index contributed by atoms with van der Waals surface area (Å²) in [4.78, 5) is 26.5. The maximum Gasteiger partial charge on any atom is 0.309 e. The molecule has 4 fully saturated rings. The number of allylic oxidation sites excluding steroid dienone is 1. The first kappa shape index (κ1) is 25.4. The molecule has 0 spiro atoms. The van der Waals surface area contributed by atoms with Crippen LogP contribution in [-0.4, -0.2) is 38.8 Å². The monoisotopic (exact) mass is 486 g/mol. The third kappa shape index (κ3) is 2.83. The Morgan fingerprint density at radius 2 is 1.54 bits per heavy atom. The number of hydrogen-bond acceptors (Lipinski definition) is 4. The number of carboxylic acids is 1. The molecule has 5 aliphatic rings. The largest absolute Gasteiger partial charge is 0.481 e. The van der Waals surface area contributed by atoms with Crippen LogP contribution >= 0.6 is 0 Å². The van der Waals surface area contributed by atoms with Crippen molar-refractivity contribution in [2.45, 2.75) is 118 Å². The molecule has 5 nitrogen and oxygen atoms in total. The first-order valence-corrected chi connectivity index (χ1v) is 13.8. The average Bonchev–Trinajstić information content (AvgIpc) is 2.74. The van der Waals surface area contributed by atoms with Gasteiger partial charge in [-0.2, -0.15) is 0 Å². The number of rotatable bonds is 1. The predicted molar refractivity (Wildman–Crippen MR) is 135 cm³/mol. The van der Waals surface area contributed by atoms with Gasteiger partial charge < -0.3 is 15.3 Å². The molecular weight excluding hydrogens is 440 g/mol. The molecule has 0 radical (unpaired) electrons. The van der Waals surface area contributed by atoms with Gasteiger partial charge in [-0.15, -0.1) is 0 Å². The Morgan fingerprint density at radius 3 is 2.17 bits per heavy atom. The van der Waals surface area contributed by atoms with Gasteiger partial charge in [-0.1, -0.05) is 41.5 Å². The lowest BCUT2D eigenvalue weighted by molar-refractivity contribution is -0.219. The summed E-state index contributed by atoms with van der Waals surface area (Å²) >= 11 is 0. The van der Waals surface area contributed by atoms with E-state index in [2.05, 4.69) is 41.5 Å². The lowest BCUT2D eigenvalue weighted by Gasteiger charge is -2.71. The standard InChI is InChI=1S/C30H46O5/c1-24(2)19-8-11-29(7)22(27(19,5)10-9-21(24)32)18(31)16-20-28(29,6)15-14-26(4)13-12-25(3,23(33)34)17-30(20,26)35/h16,19,21-22,32,35H,8-15,17H2,1-7H3,(H,33,34). The van der Waals surface area contributed by atoms with Gasteiger partial charge in [0.05, 0.1) is 17.1 Å². The van der Waals surface area contributed by atoms with Crippen molar-refractivity contribution in [1.29, 1.82) is 0 Å². The minimum absolute atomic E-state index is 0.111. The van der Waals surface area contributed by atoms with E-state index in [1.54, 1.807) is 13.0 Å². The van der Waals surface area contributed by atoms with E-state index in [9.17, 15) is 24.9 Å². The lowest BCUT2D eigenvalue weighted by Crippen LogP contribution is -2.70. The van der Waals surface area contributed by atoms with E-state index in [1.165, 1.54) is 0 Å². The van der Waals surface area contributed by atoms with E-state index in [4.69, 9.17) is 0 Å². The van der Waals surface area contributed by atoms with Crippen molar-refractivity contribution in [3.8, 4) is 0 Å². The Morgan fingerprint density at radius 1 is 0.914 bits per heavy atom. The van der Waals surface area contributed by atoms with Crippen LogP contribution in [0.5, 0.6) is 0 Å². The van der Waals surface area contributed by atoms with Crippen molar-refractivity contribution in [3.63, 3.8) is 0 Å². The van der Waals surface area contributed by atoms with Gasteiger partial charge in [-0.3, -0.25) is 9.59 Å². The Balaban J connectivity index is 1.66. The number of hydrogen-bond donors (Lipinski definition) is 3. The van der Waals surface area contributed by atoms with Crippen molar-refractivity contribution < 1.29 is 24.9 Å². The number of carboxylic acid groups (broad SMARTS) is 1. The molecule has 0 aromatic carbocycles. The molecule has 0 amide bonds. The summed E-state index contributed by atoms with van der Waals surface area (Å²) in [5.41, 5.74) is -3.03. The quantitative estimate of drug-likeness (QED) is 0.453. The van der Waals surface area contributed by atoms with Crippen molar-refractivity contribution in [2.75, 3.05) is 0 Å². The molecular formula is C30H46O5. The van der Waals surface area contributed by atoms with Crippen LogP contribution in [-0.2, 0) is 9.59 Å². The molecule has 5 rings (SSSR count). The van der Waals surface area contributed by atoms with Gasteiger partial charge in [0.2, 0.25) is 0 Å². The Hall–Kier alpha value is -1.20. The Bertz CT molecular complexity index is 1010. The van der Waals surface area contributed by atoms with Crippen LogP contribution in [0.15, 0.2) is 11.6 Å². The second-order valence-corrected chi connectivity index (χ2v) is 15.1. The van der Waals surface area contributed by atoms with Crippen LogP contribution in [0.2, 0.25) is 0 Å². The van der Waals surface area contributed by atoms with Gasteiger partial charge in [0, 0.05) is 11.3 Å². The maximum atomic E-state index is 14.2. The van der Waals surface area contributed by atoms with E-state index < -0.39 is 22.4 Å². The van der Waals surface area contributed by atoms with E-state index in [-0.39, 0.29) is 51.8 Å². The number of carbonyl (C=O) groups is 2. The van der Waals surface area contributed by atoms with Crippen LogP contribution in [0.1, 0.15) is 106 Å². The summed E-state index contributed by atoms with van der Waals surface area (Å²) in [5.74, 6) is -0.638. The summed E-state index contributed by atoms with van der Waals surface area (Å²) in [5, 5.41) is 33.4. The normalized spacial score (nSPS) is 55.1. The molecule has 0 aliphatic heterocycles. The molecule has 0 aromatic rings. The first-order chi connectivity index (χ1) is 15.9. The highest BCUT2D eigenvalue weighted by Gasteiger charge is 2.73. The summed E-state index contributed by atoms with van der Waals surface area (Å²) in [7, 11) is 0. The number of ketones is 1. The number of fused-ring (bicyclic) bond motifs is 7. The summed E-state index contributed by atoms with van der Waals surface area (Å²) in [6.07, 6.45) is 7.96. The number of carbonyl (C=O) groups excluding carboxylic acids is 1. The molecule has 0 heterocycles. The molecule has 0 bridgehead atoms. The zero-order valence-electron chi connectivity index (χ0n) is 22.8. The zero-order chi connectivity index (χ0) is 26.0. The minimum atomic E-state index is -1.30. The van der Waals surface area contributed by atoms with Crippen LogP contribution in [0.3, 0.4) is 0 Å². The van der Waals surface area contributed by atoms with Gasteiger partial charge >= 0.3 is 5.97 Å². The van der Waals surface area contributed by atoms with Crippen molar-refractivity contribution in [2.24, 2.45) is 44.3 Å². The molecule has 196 valence electrons. The van der Waals surface area contributed by atoms with Crippen LogP contribution in [0.4, 0.5) is 0 Å². The molecule has 5 aliphatic carbocycles. The van der Waals surface area contributed by atoms with E-state index in [0.29, 0.717) is 19.3 Å². The highest BCUT2D eigenvalue weighted by molar-refractivity contribution is 5.96. The van der Waals surface area contributed by atoms with Gasteiger partial charge in [0.25, 0.3) is 0 Å². The summed E-state index contributed by atoms with van der Waals surface area (Å²) < 4.78 is 0. The molecule has 9 unspecified atom stereocenters. The second kappa shape index (κ2) is 7.01. The smallest absolute Gasteiger partial charge is 0.309 e. The fourth-order valence-electron chi connectivity index (χ4n) is 10.4. The fraction of sp³-hybridized carbons (Fsp3) is 0.867. The Labute approximate surface area is 210 Å². The maximum absolute atomic E-state index is 14.2. The predicted octanol–water partition coefficient (Wildman–Crippen LogP) is 5.53. The number of aliphatic carboxylic acids is 1. The Kier molecular flexibility index (Phi) is 5.10. The van der Waals surface area contributed by atoms with Crippen molar-refractivity contribution >= 4 is 11.8 Å². The van der Waals surface area contributed by atoms with E-state index in [0.717, 1.165) is 37.7 Å². The van der Waals surface area contributed by atoms with E-state index >= 15 is 0 Å². The van der Waals surface area contributed by atoms with Gasteiger partial charge in [0.1, 0.15) is 0 Å². The number of aliphatic hydroxyl groups is 2. The van der Waals surface area contributed by atoms with E-state index in [1.807, 2.05) is 0 Å². The van der Waals surface area contributed by atoms with Gasteiger partial charge in [-0.05, 0) is 104 Å². The lowest BCUT2D eigenvalue weighted by atomic mass is 9.33. The molecule has 3 N–H and O–H groups in total. The SMILES string of the molecule is CC1(C(=O)O)CCC2(C)CCC3(C)C(=CC(=O)C4C5(C)CCC(O)C(C)(C)C5CCC43C)C2(O)C1.